The molecule has 0 fully saturated rings. The number of pyridine rings is 1. The number of phenolic OH excluding ortho intramolecular Hbond substituents is 1. The van der Waals surface area contributed by atoms with E-state index in [4.69, 9.17) is 4.74 Å². The molecule has 3 rings (SSSR count). The molecule has 170 valence electrons. The number of esters is 1. The fourth-order valence-electron chi connectivity index (χ4n) is 2.82. The number of amides is 1. The molecule has 2 heterocycles. The van der Waals surface area contributed by atoms with Crippen LogP contribution in [0.2, 0.25) is 0 Å². The topological polar surface area (TPSA) is 126 Å². The van der Waals surface area contributed by atoms with E-state index in [0.29, 0.717) is 17.1 Å². The van der Waals surface area contributed by atoms with E-state index in [1.807, 2.05) is 27.0 Å². The van der Waals surface area contributed by atoms with Crippen LogP contribution in [0.5, 0.6) is 5.75 Å². The first-order chi connectivity index (χ1) is 15.2. The summed E-state index contributed by atoms with van der Waals surface area (Å²) >= 11 is 2.71. The van der Waals surface area contributed by atoms with Crippen LogP contribution in [0.15, 0.2) is 30.5 Å². The van der Waals surface area contributed by atoms with Crippen molar-refractivity contribution in [3.63, 3.8) is 0 Å². The molecule has 0 radical (unpaired) electrons. The van der Waals surface area contributed by atoms with Gasteiger partial charge < -0.3 is 15.2 Å². The van der Waals surface area contributed by atoms with Gasteiger partial charge in [0.05, 0.1) is 5.56 Å². The summed E-state index contributed by atoms with van der Waals surface area (Å²) in [5.74, 6) is -0.357. The molecular weight excluding hydrogens is 450 g/mol. The van der Waals surface area contributed by atoms with Crippen LogP contribution in [0.4, 0.5) is 10.3 Å². The highest BCUT2D eigenvalue weighted by Crippen LogP contribution is 2.28. The SMILES string of the molecule is CSCCC(Nc1nnc(NC(=O)c2ccc3cccnc3c2O)s1)C(=O)OC(C)(C)C. The molecule has 1 aromatic carbocycles. The van der Waals surface area contributed by atoms with E-state index in [1.165, 1.54) is 6.07 Å². The van der Waals surface area contributed by atoms with Gasteiger partial charge in [-0.2, -0.15) is 11.8 Å². The molecule has 2 aromatic heterocycles. The van der Waals surface area contributed by atoms with E-state index in [-0.39, 0.29) is 22.4 Å². The van der Waals surface area contributed by atoms with Crippen molar-refractivity contribution in [3.8, 4) is 5.75 Å². The van der Waals surface area contributed by atoms with Crippen molar-refractivity contribution in [2.45, 2.75) is 38.8 Å². The first-order valence-corrected chi connectivity index (χ1v) is 12.1. The molecule has 3 aromatic rings. The first-order valence-electron chi connectivity index (χ1n) is 9.88. The van der Waals surface area contributed by atoms with Gasteiger partial charge in [-0.25, -0.2) is 4.79 Å². The third-order valence-electron chi connectivity index (χ3n) is 4.24. The van der Waals surface area contributed by atoms with E-state index in [0.717, 1.165) is 22.5 Å². The van der Waals surface area contributed by atoms with Crippen molar-refractivity contribution in [1.82, 2.24) is 15.2 Å². The standard InChI is InChI=1S/C21H25N5O4S2/c1-21(2,3)30-18(29)14(9-11-31-4)23-19-25-26-20(32-19)24-17(28)13-8-7-12-6-5-10-22-15(12)16(13)27/h5-8,10,14,27H,9,11H2,1-4H3,(H,23,25)(H,24,26,28). The molecule has 32 heavy (non-hydrogen) atoms. The second kappa shape index (κ2) is 10.1. The lowest BCUT2D eigenvalue weighted by Gasteiger charge is -2.24. The number of hydrogen-bond donors (Lipinski definition) is 3. The van der Waals surface area contributed by atoms with Gasteiger partial charge in [-0.05, 0) is 51.3 Å². The maximum absolute atomic E-state index is 12.7. The summed E-state index contributed by atoms with van der Waals surface area (Å²) in [4.78, 5) is 29.3. The average molecular weight is 476 g/mol. The lowest BCUT2D eigenvalue weighted by Crippen LogP contribution is -2.37. The van der Waals surface area contributed by atoms with Crippen molar-refractivity contribution in [2.24, 2.45) is 0 Å². The van der Waals surface area contributed by atoms with Gasteiger partial charge >= 0.3 is 5.97 Å². The van der Waals surface area contributed by atoms with Gasteiger partial charge in [0.1, 0.15) is 17.2 Å². The van der Waals surface area contributed by atoms with E-state index in [1.54, 1.807) is 36.2 Å². The molecule has 0 saturated heterocycles. The molecule has 0 saturated carbocycles. The molecular formula is C21H25N5O4S2. The molecule has 0 bridgehead atoms. The number of anilines is 2. The second-order valence-electron chi connectivity index (χ2n) is 7.92. The predicted octanol–water partition coefficient (Wildman–Crippen LogP) is 3.92. The van der Waals surface area contributed by atoms with Crippen molar-refractivity contribution in [2.75, 3.05) is 22.6 Å². The van der Waals surface area contributed by atoms with Crippen LogP contribution in [0.3, 0.4) is 0 Å². The molecule has 0 aliphatic rings. The zero-order valence-corrected chi connectivity index (χ0v) is 19.8. The fourth-order valence-corrected chi connectivity index (χ4v) is 3.98. The van der Waals surface area contributed by atoms with Gasteiger partial charge in [-0.15, -0.1) is 10.2 Å². The first kappa shape index (κ1) is 23.7. The maximum Gasteiger partial charge on any atom is 0.329 e. The molecule has 3 N–H and O–H groups in total. The number of ether oxygens (including phenoxy) is 1. The van der Waals surface area contributed by atoms with E-state index in [9.17, 15) is 14.7 Å². The van der Waals surface area contributed by atoms with Crippen LogP contribution < -0.4 is 10.6 Å². The highest BCUT2D eigenvalue weighted by Gasteiger charge is 2.26. The third kappa shape index (κ3) is 6.07. The maximum atomic E-state index is 12.7. The van der Waals surface area contributed by atoms with Crippen LogP contribution in [0, 0.1) is 0 Å². The molecule has 9 nitrogen and oxygen atoms in total. The number of nitrogens with one attached hydrogen (secondary N) is 2. The summed E-state index contributed by atoms with van der Waals surface area (Å²) < 4.78 is 5.49. The zero-order valence-electron chi connectivity index (χ0n) is 18.2. The van der Waals surface area contributed by atoms with Crippen molar-refractivity contribution in [3.05, 3.63) is 36.0 Å². The molecule has 1 atom stereocenters. The number of hydrogen-bond acceptors (Lipinski definition) is 10. The Morgan fingerprint density at radius 3 is 2.69 bits per heavy atom. The molecule has 1 amide bonds. The molecule has 0 spiro atoms. The van der Waals surface area contributed by atoms with Gasteiger partial charge in [0.2, 0.25) is 10.3 Å². The Morgan fingerprint density at radius 1 is 1.22 bits per heavy atom. The van der Waals surface area contributed by atoms with Crippen molar-refractivity contribution < 1.29 is 19.4 Å². The number of thioether (sulfide) groups is 1. The summed E-state index contributed by atoms with van der Waals surface area (Å²) in [7, 11) is 0. The number of phenols is 1. The fraction of sp³-hybridized carbons (Fsp3) is 0.381. The van der Waals surface area contributed by atoms with E-state index < -0.39 is 17.6 Å². The minimum atomic E-state index is -0.604. The summed E-state index contributed by atoms with van der Waals surface area (Å²) in [6, 6.07) is 6.19. The van der Waals surface area contributed by atoms with Gasteiger partial charge in [0.25, 0.3) is 5.91 Å². The molecule has 0 aliphatic heterocycles. The number of carbonyl (C=O) groups excluding carboxylic acids is 2. The predicted molar refractivity (Wildman–Crippen MR) is 128 cm³/mol. The summed E-state index contributed by atoms with van der Waals surface area (Å²) in [5, 5.41) is 25.4. The van der Waals surface area contributed by atoms with E-state index >= 15 is 0 Å². The lowest BCUT2D eigenvalue weighted by atomic mass is 10.1. The Bertz CT molecular complexity index is 1110. The molecule has 11 heteroatoms. The minimum Gasteiger partial charge on any atom is -0.505 e. The monoisotopic (exact) mass is 475 g/mol. The Balaban J connectivity index is 1.71. The normalized spacial score (nSPS) is 12.4. The highest BCUT2D eigenvalue weighted by atomic mass is 32.2. The Labute approximate surface area is 194 Å². The number of aromatic nitrogens is 3. The zero-order chi connectivity index (χ0) is 23.3. The number of nitrogens with zero attached hydrogens (tertiary/aromatic N) is 3. The summed E-state index contributed by atoms with van der Waals surface area (Å²) in [5.41, 5.74) is -0.186. The van der Waals surface area contributed by atoms with Gasteiger partial charge in [0, 0.05) is 11.6 Å². The lowest BCUT2D eigenvalue weighted by molar-refractivity contribution is -0.155. The second-order valence-corrected chi connectivity index (χ2v) is 9.88. The average Bonchev–Trinajstić information content (AvgIpc) is 3.17. The van der Waals surface area contributed by atoms with Gasteiger partial charge in [-0.1, -0.05) is 23.5 Å². The minimum absolute atomic E-state index is 0.0764. The number of aromatic hydroxyl groups is 1. The van der Waals surface area contributed by atoms with Crippen LogP contribution in [0.1, 0.15) is 37.6 Å². The van der Waals surface area contributed by atoms with E-state index in [2.05, 4.69) is 25.8 Å². The van der Waals surface area contributed by atoms with Crippen molar-refractivity contribution >= 4 is 56.1 Å². The number of rotatable bonds is 8. The summed E-state index contributed by atoms with van der Waals surface area (Å²) in [6.45, 7) is 5.44. The third-order valence-corrected chi connectivity index (χ3v) is 5.65. The van der Waals surface area contributed by atoms with Crippen LogP contribution in [-0.4, -0.2) is 55.8 Å². The van der Waals surface area contributed by atoms with Crippen LogP contribution in [-0.2, 0) is 9.53 Å². The van der Waals surface area contributed by atoms with Crippen molar-refractivity contribution in [1.29, 1.82) is 0 Å². The van der Waals surface area contributed by atoms with Crippen LogP contribution in [0.25, 0.3) is 10.9 Å². The number of benzene rings is 1. The van der Waals surface area contributed by atoms with Gasteiger partial charge in [-0.3, -0.25) is 15.1 Å². The largest absolute Gasteiger partial charge is 0.505 e. The Morgan fingerprint density at radius 2 is 1.97 bits per heavy atom. The molecule has 0 aliphatic carbocycles. The molecule has 1 unspecified atom stereocenters. The number of fused-ring (bicyclic) bond motifs is 1. The summed E-state index contributed by atoms with van der Waals surface area (Å²) in [6.07, 6.45) is 4.06. The smallest absolute Gasteiger partial charge is 0.329 e. The van der Waals surface area contributed by atoms with Gasteiger partial charge in [0.15, 0.2) is 5.75 Å². The number of carbonyl (C=O) groups is 2. The Hall–Kier alpha value is -2.92. The van der Waals surface area contributed by atoms with Crippen LogP contribution >= 0.6 is 23.1 Å². The highest BCUT2D eigenvalue weighted by molar-refractivity contribution is 7.98. The quantitative estimate of drug-likeness (QED) is 0.415. The Kier molecular flexibility index (Phi) is 7.52.